The quantitative estimate of drug-likeness (QED) is 0.698. The van der Waals surface area contributed by atoms with Crippen LogP contribution < -0.4 is 11.1 Å². The molecule has 0 unspecified atom stereocenters. The molecule has 0 fully saturated rings. The Bertz CT molecular complexity index is 553. The molecule has 0 aliphatic carbocycles. The van der Waals surface area contributed by atoms with E-state index in [0.717, 1.165) is 0 Å². The van der Waals surface area contributed by atoms with Crippen molar-refractivity contribution in [3.8, 4) is 0 Å². The zero-order valence-corrected chi connectivity index (χ0v) is 9.82. The van der Waals surface area contributed by atoms with Crippen LogP contribution in [0.4, 0.5) is 5.95 Å². The number of fused-ring (bicyclic) bond motifs is 1. The number of nitrogens with two attached hydrogens (primary N) is 1. The van der Waals surface area contributed by atoms with Crippen LogP contribution in [0.1, 0.15) is 13.3 Å². The van der Waals surface area contributed by atoms with Gasteiger partial charge in [0.2, 0.25) is 11.9 Å². The van der Waals surface area contributed by atoms with Gasteiger partial charge in [-0.1, -0.05) is 18.5 Å². The van der Waals surface area contributed by atoms with E-state index in [1.807, 2.05) is 6.92 Å². The lowest BCUT2D eigenvalue weighted by Crippen LogP contribution is -2.35. The maximum absolute atomic E-state index is 11.5. The van der Waals surface area contributed by atoms with Gasteiger partial charge < -0.3 is 10.7 Å². The fourth-order valence-corrected chi connectivity index (χ4v) is 1.46. The van der Waals surface area contributed by atoms with E-state index in [1.165, 1.54) is 6.33 Å². The van der Waals surface area contributed by atoms with Crippen molar-refractivity contribution < 1.29 is 4.79 Å². The Morgan fingerprint density at radius 1 is 1.65 bits per heavy atom. The highest BCUT2D eigenvalue weighted by Crippen LogP contribution is 2.18. The third kappa shape index (κ3) is 2.34. The highest BCUT2D eigenvalue weighted by atomic mass is 35.5. The molecule has 7 nitrogen and oxygen atoms in total. The van der Waals surface area contributed by atoms with Crippen molar-refractivity contribution >= 4 is 34.6 Å². The first-order chi connectivity index (χ1) is 8.11. The summed E-state index contributed by atoms with van der Waals surface area (Å²) >= 11 is 5.90. The molecule has 0 radical (unpaired) electrons. The second kappa shape index (κ2) is 4.64. The second-order valence-electron chi connectivity index (χ2n) is 3.44. The molecule has 8 heteroatoms. The Kier molecular flexibility index (Phi) is 3.21. The van der Waals surface area contributed by atoms with Crippen LogP contribution in [0.25, 0.3) is 11.2 Å². The van der Waals surface area contributed by atoms with Crippen LogP contribution in [-0.4, -0.2) is 31.9 Å². The smallest absolute Gasteiger partial charge is 0.243 e. The lowest BCUT2D eigenvalue weighted by Gasteiger charge is -2.08. The number of H-pyrrole nitrogens is 1. The van der Waals surface area contributed by atoms with E-state index in [1.54, 1.807) is 0 Å². The zero-order valence-electron chi connectivity index (χ0n) is 9.07. The van der Waals surface area contributed by atoms with Crippen molar-refractivity contribution in [3.05, 3.63) is 11.5 Å². The fraction of sp³-hybridized carbons (Fsp3) is 0.333. The molecule has 0 saturated carbocycles. The molecule has 17 heavy (non-hydrogen) atoms. The highest BCUT2D eigenvalue weighted by molar-refractivity contribution is 6.33. The van der Waals surface area contributed by atoms with Crippen molar-refractivity contribution in [2.24, 2.45) is 5.73 Å². The van der Waals surface area contributed by atoms with Gasteiger partial charge >= 0.3 is 0 Å². The second-order valence-corrected chi connectivity index (χ2v) is 3.80. The molecule has 0 aromatic carbocycles. The van der Waals surface area contributed by atoms with Gasteiger partial charge in [0.1, 0.15) is 5.52 Å². The van der Waals surface area contributed by atoms with E-state index in [-0.39, 0.29) is 17.0 Å². The van der Waals surface area contributed by atoms with Gasteiger partial charge in [-0.15, -0.1) is 0 Å². The molecule has 0 spiro atoms. The standard InChI is InChI=1S/C9H11ClN6O/c1-2-4(11)8(17)16-9-14-6(10)5-7(15-9)13-3-12-5/h3-4H,2,11H2,1H3,(H2,12,13,14,15,16,17)/t4-/m0/s1. The molecule has 1 atom stereocenters. The molecular formula is C9H11ClN6O. The molecule has 1 amide bonds. The summed E-state index contributed by atoms with van der Waals surface area (Å²) in [6, 6.07) is -0.591. The lowest BCUT2D eigenvalue weighted by molar-refractivity contribution is -0.117. The van der Waals surface area contributed by atoms with Gasteiger partial charge in [-0.05, 0) is 6.42 Å². The number of anilines is 1. The normalized spacial score (nSPS) is 12.6. The van der Waals surface area contributed by atoms with Crippen molar-refractivity contribution in [2.75, 3.05) is 5.32 Å². The molecular weight excluding hydrogens is 244 g/mol. The molecule has 2 aromatic heterocycles. The number of amides is 1. The number of nitrogens with one attached hydrogen (secondary N) is 2. The lowest BCUT2D eigenvalue weighted by atomic mass is 10.2. The van der Waals surface area contributed by atoms with Crippen molar-refractivity contribution in [3.63, 3.8) is 0 Å². The van der Waals surface area contributed by atoms with Crippen molar-refractivity contribution in [1.82, 2.24) is 19.9 Å². The zero-order chi connectivity index (χ0) is 12.4. The SMILES string of the molecule is CC[C@H](N)C(=O)Nc1nc(Cl)c2[nH]cnc2n1. The van der Waals surface area contributed by atoms with Gasteiger partial charge in [-0.2, -0.15) is 9.97 Å². The van der Waals surface area contributed by atoms with Crippen LogP contribution >= 0.6 is 11.6 Å². The van der Waals surface area contributed by atoms with Gasteiger partial charge in [0.05, 0.1) is 12.4 Å². The van der Waals surface area contributed by atoms with Crippen LogP contribution in [0.2, 0.25) is 5.15 Å². The summed E-state index contributed by atoms with van der Waals surface area (Å²) in [7, 11) is 0. The topological polar surface area (TPSA) is 110 Å². The Morgan fingerprint density at radius 2 is 2.41 bits per heavy atom. The largest absolute Gasteiger partial charge is 0.341 e. The Morgan fingerprint density at radius 3 is 3.12 bits per heavy atom. The Labute approximate surface area is 102 Å². The molecule has 0 aliphatic rings. The molecule has 2 aromatic rings. The Hall–Kier alpha value is -1.73. The van der Waals surface area contributed by atoms with Crippen LogP contribution in [-0.2, 0) is 4.79 Å². The van der Waals surface area contributed by atoms with Crippen LogP contribution in [0, 0.1) is 0 Å². The Balaban J connectivity index is 2.27. The summed E-state index contributed by atoms with van der Waals surface area (Å²) in [5.41, 5.74) is 6.50. The van der Waals surface area contributed by atoms with Crippen LogP contribution in [0.15, 0.2) is 6.33 Å². The number of imidazole rings is 1. The van der Waals surface area contributed by atoms with E-state index >= 15 is 0 Å². The first kappa shape index (κ1) is 11.7. The monoisotopic (exact) mass is 254 g/mol. The summed E-state index contributed by atoms with van der Waals surface area (Å²) in [6.45, 7) is 1.81. The van der Waals surface area contributed by atoms with Crippen molar-refractivity contribution in [2.45, 2.75) is 19.4 Å². The van der Waals surface area contributed by atoms with Crippen LogP contribution in [0.3, 0.4) is 0 Å². The number of carbonyl (C=O) groups is 1. The first-order valence-corrected chi connectivity index (χ1v) is 5.42. The van der Waals surface area contributed by atoms with E-state index in [0.29, 0.717) is 17.6 Å². The van der Waals surface area contributed by atoms with E-state index in [4.69, 9.17) is 17.3 Å². The van der Waals surface area contributed by atoms with Gasteiger partial charge in [0.25, 0.3) is 0 Å². The maximum Gasteiger partial charge on any atom is 0.243 e. The predicted octanol–water partition coefficient (Wildman–Crippen LogP) is 0.682. The predicted molar refractivity (Wildman–Crippen MR) is 63.6 cm³/mol. The first-order valence-electron chi connectivity index (χ1n) is 5.05. The minimum Gasteiger partial charge on any atom is -0.341 e. The van der Waals surface area contributed by atoms with E-state index in [2.05, 4.69) is 25.3 Å². The number of hydrogen-bond donors (Lipinski definition) is 3. The van der Waals surface area contributed by atoms with Crippen molar-refractivity contribution in [1.29, 1.82) is 0 Å². The minimum atomic E-state index is -0.591. The van der Waals surface area contributed by atoms with Crippen LogP contribution in [0.5, 0.6) is 0 Å². The number of aromatic nitrogens is 4. The minimum absolute atomic E-state index is 0.100. The fourth-order valence-electron chi connectivity index (χ4n) is 1.24. The maximum atomic E-state index is 11.5. The van der Waals surface area contributed by atoms with Gasteiger partial charge in [-0.3, -0.25) is 10.1 Å². The summed E-state index contributed by atoms with van der Waals surface area (Å²) in [4.78, 5) is 26.2. The molecule has 0 aliphatic heterocycles. The number of hydrogen-bond acceptors (Lipinski definition) is 5. The van der Waals surface area contributed by atoms with E-state index < -0.39 is 6.04 Å². The summed E-state index contributed by atoms with van der Waals surface area (Å²) in [5.74, 6) is -0.248. The molecule has 90 valence electrons. The highest BCUT2D eigenvalue weighted by Gasteiger charge is 2.14. The molecule has 2 rings (SSSR count). The average molecular weight is 255 g/mol. The average Bonchev–Trinajstić information content (AvgIpc) is 2.76. The number of halogens is 1. The molecule has 4 N–H and O–H groups in total. The molecule has 0 bridgehead atoms. The number of aromatic amines is 1. The molecule has 2 heterocycles. The summed E-state index contributed by atoms with van der Waals surface area (Å²) in [5, 5.41) is 2.69. The summed E-state index contributed by atoms with van der Waals surface area (Å²) < 4.78 is 0. The number of carbonyl (C=O) groups excluding carboxylic acids is 1. The van der Waals surface area contributed by atoms with Gasteiger partial charge in [-0.25, -0.2) is 4.98 Å². The third-order valence-corrected chi connectivity index (χ3v) is 2.53. The van der Waals surface area contributed by atoms with E-state index in [9.17, 15) is 4.79 Å². The van der Waals surface area contributed by atoms with Gasteiger partial charge in [0.15, 0.2) is 10.8 Å². The molecule has 0 saturated heterocycles. The third-order valence-electron chi connectivity index (χ3n) is 2.25. The summed E-state index contributed by atoms with van der Waals surface area (Å²) in [6.07, 6.45) is 1.98. The number of nitrogens with zero attached hydrogens (tertiary/aromatic N) is 3. The van der Waals surface area contributed by atoms with Gasteiger partial charge in [0, 0.05) is 0 Å². The number of rotatable bonds is 3.